The molecule has 4 nitrogen and oxygen atoms in total. The van der Waals surface area contributed by atoms with Crippen molar-refractivity contribution in [2.24, 2.45) is 11.1 Å². The van der Waals surface area contributed by atoms with Crippen LogP contribution >= 0.6 is 0 Å². The third-order valence-electron chi connectivity index (χ3n) is 3.40. The standard InChI is InChI=1S/C13H25N3O/c1-5-11(15)12(13(2,3)4)16-6-7-17-10(8-14)9-16/h10-12H,5-7,9,15H2,1-4H3. The molecule has 0 aliphatic carbocycles. The molecule has 1 aliphatic rings. The van der Waals surface area contributed by atoms with E-state index in [0.29, 0.717) is 19.2 Å². The highest BCUT2D eigenvalue weighted by Gasteiger charge is 2.36. The van der Waals surface area contributed by atoms with Crippen molar-refractivity contribution in [2.45, 2.75) is 52.3 Å². The van der Waals surface area contributed by atoms with E-state index in [2.05, 4.69) is 38.7 Å². The fraction of sp³-hybridized carbons (Fsp3) is 0.923. The molecule has 1 aliphatic heterocycles. The Morgan fingerprint density at radius 2 is 2.18 bits per heavy atom. The number of nitrogens with zero attached hydrogens (tertiary/aromatic N) is 2. The van der Waals surface area contributed by atoms with Gasteiger partial charge in [-0.25, -0.2) is 0 Å². The summed E-state index contributed by atoms with van der Waals surface area (Å²) < 4.78 is 5.39. The van der Waals surface area contributed by atoms with Gasteiger partial charge in [-0.3, -0.25) is 4.90 Å². The van der Waals surface area contributed by atoms with Crippen LogP contribution in [0.4, 0.5) is 0 Å². The van der Waals surface area contributed by atoms with Gasteiger partial charge >= 0.3 is 0 Å². The summed E-state index contributed by atoms with van der Waals surface area (Å²) in [4.78, 5) is 2.32. The highest BCUT2D eigenvalue weighted by atomic mass is 16.5. The topological polar surface area (TPSA) is 62.3 Å². The summed E-state index contributed by atoms with van der Waals surface area (Å²) in [6.07, 6.45) is 0.647. The SMILES string of the molecule is CCC(N)C(N1CCOC(C#N)C1)C(C)(C)C. The van der Waals surface area contributed by atoms with Crippen molar-refractivity contribution in [1.29, 1.82) is 5.26 Å². The normalized spacial score (nSPS) is 26.2. The number of nitrogens with two attached hydrogens (primary N) is 1. The predicted octanol–water partition coefficient (Wildman–Crippen LogP) is 1.36. The van der Waals surface area contributed by atoms with Gasteiger partial charge in [0.1, 0.15) is 0 Å². The number of morpholine rings is 1. The molecular formula is C13H25N3O. The average Bonchev–Trinajstić information content (AvgIpc) is 2.27. The minimum Gasteiger partial charge on any atom is -0.361 e. The molecule has 0 aromatic rings. The van der Waals surface area contributed by atoms with Gasteiger partial charge in [0.25, 0.3) is 0 Å². The van der Waals surface area contributed by atoms with E-state index < -0.39 is 0 Å². The summed E-state index contributed by atoms with van der Waals surface area (Å²) in [7, 11) is 0. The van der Waals surface area contributed by atoms with Crippen LogP contribution < -0.4 is 5.73 Å². The Hall–Kier alpha value is -0.630. The Labute approximate surface area is 105 Å². The van der Waals surface area contributed by atoms with Crippen molar-refractivity contribution in [3.05, 3.63) is 0 Å². The van der Waals surface area contributed by atoms with Crippen LogP contribution in [0.15, 0.2) is 0 Å². The molecule has 0 radical (unpaired) electrons. The Kier molecular flexibility index (Phi) is 4.93. The molecular weight excluding hydrogens is 214 g/mol. The van der Waals surface area contributed by atoms with Crippen molar-refractivity contribution in [2.75, 3.05) is 19.7 Å². The van der Waals surface area contributed by atoms with Crippen LogP contribution in [0.25, 0.3) is 0 Å². The van der Waals surface area contributed by atoms with Gasteiger partial charge in [0.05, 0.1) is 12.7 Å². The summed E-state index contributed by atoms with van der Waals surface area (Å²) in [5.74, 6) is 0. The molecule has 1 saturated heterocycles. The van der Waals surface area contributed by atoms with Crippen LogP contribution in [0.1, 0.15) is 34.1 Å². The second-order valence-corrected chi connectivity index (χ2v) is 5.87. The molecule has 3 unspecified atom stereocenters. The third kappa shape index (κ3) is 3.67. The van der Waals surface area contributed by atoms with Crippen molar-refractivity contribution in [3.63, 3.8) is 0 Å². The third-order valence-corrected chi connectivity index (χ3v) is 3.40. The Morgan fingerprint density at radius 3 is 2.65 bits per heavy atom. The quantitative estimate of drug-likeness (QED) is 0.808. The van der Waals surface area contributed by atoms with Gasteiger partial charge in [-0.2, -0.15) is 5.26 Å². The van der Waals surface area contributed by atoms with Gasteiger partial charge in [0.15, 0.2) is 6.10 Å². The molecule has 0 aromatic heterocycles. The molecule has 0 saturated carbocycles. The first-order valence-electron chi connectivity index (χ1n) is 6.41. The van der Waals surface area contributed by atoms with Crippen LogP contribution in [0.5, 0.6) is 0 Å². The molecule has 98 valence electrons. The van der Waals surface area contributed by atoms with E-state index in [1.807, 2.05) is 0 Å². The fourth-order valence-corrected chi connectivity index (χ4v) is 2.68. The van der Waals surface area contributed by atoms with E-state index in [-0.39, 0.29) is 17.6 Å². The van der Waals surface area contributed by atoms with E-state index in [1.165, 1.54) is 0 Å². The summed E-state index contributed by atoms with van der Waals surface area (Å²) in [6, 6.07) is 2.64. The van der Waals surface area contributed by atoms with Crippen molar-refractivity contribution in [3.8, 4) is 6.07 Å². The monoisotopic (exact) mass is 239 g/mol. The molecule has 0 spiro atoms. The van der Waals surface area contributed by atoms with Gasteiger partial charge < -0.3 is 10.5 Å². The van der Waals surface area contributed by atoms with Crippen molar-refractivity contribution < 1.29 is 4.74 Å². The van der Waals surface area contributed by atoms with Gasteiger partial charge in [0, 0.05) is 25.2 Å². The van der Waals surface area contributed by atoms with Crippen LogP contribution in [-0.4, -0.2) is 42.8 Å². The zero-order valence-corrected chi connectivity index (χ0v) is 11.4. The molecule has 0 amide bonds. The predicted molar refractivity (Wildman–Crippen MR) is 68.4 cm³/mol. The number of rotatable bonds is 3. The maximum Gasteiger partial charge on any atom is 0.156 e. The maximum atomic E-state index is 8.96. The maximum absolute atomic E-state index is 8.96. The number of hydrogen-bond donors (Lipinski definition) is 1. The van der Waals surface area contributed by atoms with E-state index >= 15 is 0 Å². The smallest absolute Gasteiger partial charge is 0.156 e. The minimum atomic E-state index is -0.308. The summed E-state index contributed by atoms with van der Waals surface area (Å²) in [5, 5.41) is 8.96. The van der Waals surface area contributed by atoms with E-state index in [0.717, 1.165) is 13.0 Å². The van der Waals surface area contributed by atoms with Gasteiger partial charge in [-0.05, 0) is 11.8 Å². The number of nitriles is 1. The second-order valence-electron chi connectivity index (χ2n) is 5.87. The lowest BCUT2D eigenvalue weighted by Gasteiger charge is -2.45. The molecule has 1 heterocycles. The first-order chi connectivity index (χ1) is 7.90. The summed E-state index contributed by atoms with van der Waals surface area (Å²) in [5.41, 5.74) is 6.37. The van der Waals surface area contributed by atoms with Crippen LogP contribution in [0.3, 0.4) is 0 Å². The minimum absolute atomic E-state index is 0.118. The molecule has 3 atom stereocenters. The molecule has 0 aromatic carbocycles. The summed E-state index contributed by atoms with van der Waals surface area (Å²) >= 11 is 0. The van der Waals surface area contributed by atoms with E-state index in [9.17, 15) is 0 Å². The lowest BCUT2D eigenvalue weighted by molar-refractivity contribution is -0.0443. The van der Waals surface area contributed by atoms with Crippen molar-refractivity contribution in [1.82, 2.24) is 4.90 Å². The molecule has 4 heteroatoms. The molecule has 17 heavy (non-hydrogen) atoms. The Balaban J connectivity index is 2.80. The lowest BCUT2D eigenvalue weighted by Crippen LogP contribution is -2.58. The van der Waals surface area contributed by atoms with Gasteiger partial charge in [0.2, 0.25) is 0 Å². The zero-order valence-electron chi connectivity index (χ0n) is 11.4. The van der Waals surface area contributed by atoms with Crippen LogP contribution in [-0.2, 0) is 4.74 Å². The van der Waals surface area contributed by atoms with Gasteiger partial charge in [-0.15, -0.1) is 0 Å². The number of ether oxygens (including phenoxy) is 1. The highest BCUT2D eigenvalue weighted by molar-refractivity contribution is 4.96. The fourth-order valence-electron chi connectivity index (χ4n) is 2.68. The summed E-state index contributed by atoms with van der Waals surface area (Å²) in [6.45, 7) is 10.9. The largest absolute Gasteiger partial charge is 0.361 e. The van der Waals surface area contributed by atoms with Crippen LogP contribution in [0.2, 0.25) is 0 Å². The zero-order chi connectivity index (χ0) is 13.1. The van der Waals surface area contributed by atoms with E-state index in [4.69, 9.17) is 15.7 Å². The first kappa shape index (κ1) is 14.4. The highest BCUT2D eigenvalue weighted by Crippen LogP contribution is 2.28. The first-order valence-corrected chi connectivity index (χ1v) is 6.41. The second kappa shape index (κ2) is 5.81. The molecule has 2 N–H and O–H groups in total. The van der Waals surface area contributed by atoms with E-state index in [1.54, 1.807) is 0 Å². The van der Waals surface area contributed by atoms with Crippen LogP contribution in [0, 0.1) is 16.7 Å². The molecule has 1 rings (SSSR count). The molecule has 0 bridgehead atoms. The number of hydrogen-bond acceptors (Lipinski definition) is 4. The molecule has 1 fully saturated rings. The van der Waals surface area contributed by atoms with Crippen molar-refractivity contribution >= 4 is 0 Å². The van der Waals surface area contributed by atoms with Gasteiger partial charge in [-0.1, -0.05) is 27.7 Å². The lowest BCUT2D eigenvalue weighted by atomic mass is 9.80. The average molecular weight is 239 g/mol. The Morgan fingerprint density at radius 1 is 1.53 bits per heavy atom. The Bertz CT molecular complexity index is 279.